The Kier molecular flexibility index (Phi) is 3.99. The summed E-state index contributed by atoms with van der Waals surface area (Å²) in [4.78, 5) is 33.2. The first-order chi connectivity index (χ1) is 14.0. The number of carbonyl (C=O) groups is 2. The predicted octanol–water partition coefficient (Wildman–Crippen LogP) is 2.34. The summed E-state index contributed by atoms with van der Waals surface area (Å²) in [5.74, 6) is -0.240. The molecule has 148 valence electrons. The zero-order chi connectivity index (χ0) is 20.2. The maximum atomic E-state index is 13.6. The smallest absolute Gasteiger partial charge is 0.255 e. The molecular formula is C23H23N3O3. The summed E-state index contributed by atoms with van der Waals surface area (Å²) in [5.41, 5.74) is 2.52. The van der Waals surface area contributed by atoms with E-state index in [2.05, 4.69) is 11.1 Å². The molecule has 2 amide bonds. The number of piperazine rings is 1. The summed E-state index contributed by atoms with van der Waals surface area (Å²) in [7, 11) is 0. The molecule has 5 rings (SSSR count). The maximum Gasteiger partial charge on any atom is 0.255 e. The average molecular weight is 389 g/mol. The average Bonchev–Trinajstić information content (AvgIpc) is 3.13. The van der Waals surface area contributed by atoms with E-state index in [0.29, 0.717) is 6.54 Å². The van der Waals surface area contributed by atoms with Crippen LogP contribution in [-0.4, -0.2) is 51.3 Å². The molecule has 2 N–H and O–H groups in total. The highest BCUT2D eigenvalue weighted by atomic mass is 16.3. The number of benzene rings is 2. The van der Waals surface area contributed by atoms with E-state index in [1.165, 1.54) is 4.90 Å². The number of aromatic nitrogens is 1. The molecule has 1 saturated heterocycles. The van der Waals surface area contributed by atoms with Crippen LogP contribution in [0.15, 0.2) is 54.6 Å². The van der Waals surface area contributed by atoms with Gasteiger partial charge in [-0.1, -0.05) is 48.5 Å². The molecule has 0 radical (unpaired) electrons. The lowest BCUT2D eigenvalue weighted by atomic mass is 9.83. The van der Waals surface area contributed by atoms with Gasteiger partial charge in [-0.2, -0.15) is 0 Å². The number of para-hydroxylation sites is 1. The second-order valence-corrected chi connectivity index (χ2v) is 8.00. The van der Waals surface area contributed by atoms with Gasteiger partial charge in [0.2, 0.25) is 5.91 Å². The summed E-state index contributed by atoms with van der Waals surface area (Å²) in [6, 6.07) is 17.2. The van der Waals surface area contributed by atoms with E-state index in [1.807, 2.05) is 55.5 Å². The number of β-amino-alcohol motifs (C(OH)–C–C–N with tert-alkyl or cyclic N) is 1. The van der Waals surface area contributed by atoms with Crippen LogP contribution in [-0.2, 0) is 21.5 Å². The molecule has 2 aromatic carbocycles. The number of aromatic amines is 1. The van der Waals surface area contributed by atoms with Crippen molar-refractivity contribution in [1.29, 1.82) is 0 Å². The van der Waals surface area contributed by atoms with Crippen LogP contribution in [0.1, 0.15) is 29.8 Å². The summed E-state index contributed by atoms with van der Waals surface area (Å²) in [6.07, 6.45) is -0.116. The topological polar surface area (TPSA) is 76.6 Å². The van der Waals surface area contributed by atoms with Crippen LogP contribution in [0.25, 0.3) is 10.9 Å². The number of hydrogen-bond acceptors (Lipinski definition) is 3. The standard InChI is InChI=1S/C23H23N3O3/c1-23-21-17(16-9-5-6-10-18(16)24-21)11-12-26(23)20(28)14-25(22(23)29)13-19(27)15-7-3-2-4-8-15/h2-10,19,24,27H,11-14H2,1H3/t19-,23-/m0/s1. The highest BCUT2D eigenvalue weighted by molar-refractivity contribution is 6.00. The van der Waals surface area contributed by atoms with E-state index in [0.717, 1.165) is 34.1 Å². The van der Waals surface area contributed by atoms with Gasteiger partial charge in [0, 0.05) is 17.4 Å². The first kappa shape index (κ1) is 17.9. The molecule has 6 heteroatoms. The van der Waals surface area contributed by atoms with Gasteiger partial charge >= 0.3 is 0 Å². The molecule has 0 unspecified atom stereocenters. The van der Waals surface area contributed by atoms with Gasteiger partial charge in [-0.25, -0.2) is 0 Å². The first-order valence-electron chi connectivity index (χ1n) is 9.93. The Morgan fingerprint density at radius 3 is 2.62 bits per heavy atom. The minimum Gasteiger partial charge on any atom is -0.387 e. The van der Waals surface area contributed by atoms with Gasteiger partial charge in [-0.15, -0.1) is 0 Å². The number of aliphatic hydroxyl groups is 1. The molecule has 1 fully saturated rings. The lowest BCUT2D eigenvalue weighted by molar-refractivity contribution is -0.167. The number of amides is 2. The number of hydrogen-bond donors (Lipinski definition) is 2. The molecule has 2 aliphatic rings. The van der Waals surface area contributed by atoms with Crippen LogP contribution in [0.4, 0.5) is 0 Å². The molecule has 2 aliphatic heterocycles. The van der Waals surface area contributed by atoms with Crippen molar-refractivity contribution in [3.8, 4) is 0 Å². The molecule has 3 heterocycles. The van der Waals surface area contributed by atoms with Crippen molar-refractivity contribution in [1.82, 2.24) is 14.8 Å². The molecule has 29 heavy (non-hydrogen) atoms. The molecule has 0 bridgehead atoms. The van der Waals surface area contributed by atoms with Gasteiger partial charge in [-0.3, -0.25) is 9.59 Å². The lowest BCUT2D eigenvalue weighted by Crippen LogP contribution is -2.67. The Balaban J connectivity index is 1.54. The number of nitrogens with one attached hydrogen (secondary N) is 1. The van der Waals surface area contributed by atoms with E-state index < -0.39 is 11.6 Å². The van der Waals surface area contributed by atoms with Crippen molar-refractivity contribution >= 4 is 22.7 Å². The molecule has 2 atom stereocenters. The number of carbonyl (C=O) groups excluding carboxylic acids is 2. The highest BCUT2D eigenvalue weighted by Gasteiger charge is 2.54. The number of H-pyrrole nitrogens is 1. The van der Waals surface area contributed by atoms with Gasteiger partial charge in [0.25, 0.3) is 5.91 Å². The van der Waals surface area contributed by atoms with Gasteiger partial charge in [0.05, 0.1) is 24.9 Å². The quantitative estimate of drug-likeness (QED) is 0.722. The molecule has 3 aromatic rings. The summed E-state index contributed by atoms with van der Waals surface area (Å²) >= 11 is 0. The molecule has 0 saturated carbocycles. The molecule has 1 aromatic heterocycles. The fourth-order valence-corrected chi connectivity index (χ4v) is 4.82. The fourth-order valence-electron chi connectivity index (χ4n) is 4.82. The Hall–Kier alpha value is -3.12. The van der Waals surface area contributed by atoms with Crippen molar-refractivity contribution in [3.63, 3.8) is 0 Å². The van der Waals surface area contributed by atoms with Crippen molar-refractivity contribution in [3.05, 3.63) is 71.4 Å². The number of fused-ring (bicyclic) bond motifs is 5. The summed E-state index contributed by atoms with van der Waals surface area (Å²) in [6.45, 7) is 2.42. The maximum absolute atomic E-state index is 13.6. The molecular weight excluding hydrogens is 366 g/mol. The Morgan fingerprint density at radius 2 is 1.83 bits per heavy atom. The van der Waals surface area contributed by atoms with Crippen LogP contribution in [0.3, 0.4) is 0 Å². The van der Waals surface area contributed by atoms with Crippen LogP contribution in [0.5, 0.6) is 0 Å². The predicted molar refractivity (Wildman–Crippen MR) is 109 cm³/mol. The van der Waals surface area contributed by atoms with Gasteiger partial charge < -0.3 is 19.9 Å². The van der Waals surface area contributed by atoms with E-state index in [-0.39, 0.29) is 24.9 Å². The third kappa shape index (κ3) is 2.59. The van der Waals surface area contributed by atoms with Crippen molar-refractivity contribution in [2.75, 3.05) is 19.6 Å². The van der Waals surface area contributed by atoms with Gasteiger partial charge in [0.1, 0.15) is 0 Å². The largest absolute Gasteiger partial charge is 0.387 e. The minimum atomic E-state index is -1.08. The summed E-state index contributed by atoms with van der Waals surface area (Å²) in [5, 5.41) is 11.7. The van der Waals surface area contributed by atoms with Gasteiger partial charge in [0.15, 0.2) is 5.54 Å². The minimum absolute atomic E-state index is 0.00607. The van der Waals surface area contributed by atoms with Crippen molar-refractivity contribution in [2.45, 2.75) is 25.0 Å². The van der Waals surface area contributed by atoms with E-state index >= 15 is 0 Å². The zero-order valence-corrected chi connectivity index (χ0v) is 16.3. The molecule has 0 spiro atoms. The number of rotatable bonds is 3. The lowest BCUT2D eigenvalue weighted by Gasteiger charge is -2.49. The monoisotopic (exact) mass is 389 g/mol. The Bertz CT molecular complexity index is 1110. The van der Waals surface area contributed by atoms with Crippen LogP contribution in [0, 0.1) is 0 Å². The van der Waals surface area contributed by atoms with E-state index in [1.54, 1.807) is 4.90 Å². The number of aliphatic hydroxyl groups excluding tert-OH is 1. The summed E-state index contributed by atoms with van der Waals surface area (Å²) < 4.78 is 0. The normalized spacial score (nSPS) is 22.6. The Morgan fingerprint density at radius 1 is 1.10 bits per heavy atom. The SMILES string of the molecule is C[C@]12C(=O)N(C[C@H](O)c3ccccc3)CC(=O)N1CCc1c2[nH]c2ccccc12. The molecule has 6 nitrogen and oxygen atoms in total. The molecule has 0 aliphatic carbocycles. The zero-order valence-electron chi connectivity index (χ0n) is 16.3. The Labute approximate surface area is 168 Å². The van der Waals surface area contributed by atoms with Crippen molar-refractivity contribution in [2.24, 2.45) is 0 Å². The second kappa shape index (κ2) is 6.46. The second-order valence-electron chi connectivity index (χ2n) is 8.00. The van der Waals surface area contributed by atoms with Crippen LogP contribution in [0.2, 0.25) is 0 Å². The van der Waals surface area contributed by atoms with Crippen LogP contribution < -0.4 is 0 Å². The van der Waals surface area contributed by atoms with Crippen LogP contribution >= 0.6 is 0 Å². The fraction of sp³-hybridized carbons (Fsp3) is 0.304. The third-order valence-corrected chi connectivity index (χ3v) is 6.33. The van der Waals surface area contributed by atoms with Gasteiger partial charge in [-0.05, 0) is 30.5 Å². The first-order valence-corrected chi connectivity index (χ1v) is 9.93. The van der Waals surface area contributed by atoms with Crippen molar-refractivity contribution < 1.29 is 14.7 Å². The third-order valence-electron chi connectivity index (χ3n) is 6.33. The highest BCUT2D eigenvalue weighted by Crippen LogP contribution is 2.42. The van der Waals surface area contributed by atoms with E-state index in [9.17, 15) is 14.7 Å². The number of nitrogens with zero attached hydrogens (tertiary/aromatic N) is 2. The van der Waals surface area contributed by atoms with E-state index in [4.69, 9.17) is 0 Å².